The molecule has 1 aliphatic carbocycles. The summed E-state index contributed by atoms with van der Waals surface area (Å²) < 4.78 is 9.65. The molecule has 124 valence electrons. The summed E-state index contributed by atoms with van der Waals surface area (Å²) in [5, 5.41) is 0. The number of hydrogen-bond donors (Lipinski definition) is 1. The lowest BCUT2D eigenvalue weighted by atomic mass is 9.77. The van der Waals surface area contributed by atoms with Gasteiger partial charge < -0.3 is 15.2 Å². The van der Waals surface area contributed by atoms with Gasteiger partial charge in [0.25, 0.3) is 0 Å². The third-order valence-electron chi connectivity index (χ3n) is 4.87. The predicted octanol–water partition coefficient (Wildman–Crippen LogP) is 1.34. The fourth-order valence-electron chi connectivity index (χ4n) is 3.74. The molecule has 0 spiro atoms. The van der Waals surface area contributed by atoms with E-state index < -0.39 is 0 Å². The van der Waals surface area contributed by atoms with Crippen LogP contribution >= 0.6 is 0 Å². The van der Waals surface area contributed by atoms with Crippen LogP contribution in [0.3, 0.4) is 0 Å². The molecule has 0 saturated heterocycles. The number of nitrogens with two attached hydrogens (primary N) is 1. The fraction of sp³-hybridized carbons (Fsp3) is 0.529. The van der Waals surface area contributed by atoms with Crippen molar-refractivity contribution in [3.63, 3.8) is 0 Å². The highest BCUT2D eigenvalue weighted by atomic mass is 16.5. The van der Waals surface area contributed by atoms with E-state index in [9.17, 15) is 9.59 Å². The number of methoxy groups -OCH3 is 2. The topological polar surface area (TPSA) is 81.9 Å². The van der Waals surface area contributed by atoms with Gasteiger partial charge in [-0.05, 0) is 48.1 Å². The summed E-state index contributed by atoms with van der Waals surface area (Å²) in [5.41, 5.74) is 10.2. The van der Waals surface area contributed by atoms with Crippen molar-refractivity contribution in [2.24, 2.45) is 5.73 Å². The van der Waals surface area contributed by atoms with Gasteiger partial charge in [0, 0.05) is 18.6 Å². The maximum Gasteiger partial charge on any atom is 0.337 e. The molecule has 1 aromatic carbocycles. The minimum Gasteiger partial charge on any atom is -0.468 e. The van der Waals surface area contributed by atoms with Crippen LogP contribution in [0.1, 0.15) is 52.0 Å². The lowest BCUT2D eigenvalue weighted by Crippen LogP contribution is -2.42. The van der Waals surface area contributed by atoms with Gasteiger partial charge in [0.05, 0.1) is 26.3 Å². The number of ether oxygens (including phenoxy) is 2. The van der Waals surface area contributed by atoms with Crippen LogP contribution in [0.4, 0.5) is 0 Å². The summed E-state index contributed by atoms with van der Waals surface area (Å²) in [5.74, 6) is -0.564. The van der Waals surface area contributed by atoms with Crippen LogP contribution in [0, 0.1) is 0 Å². The van der Waals surface area contributed by atoms with E-state index in [4.69, 9.17) is 15.2 Å². The molecule has 1 heterocycles. The van der Waals surface area contributed by atoms with Gasteiger partial charge in [-0.2, -0.15) is 0 Å². The summed E-state index contributed by atoms with van der Waals surface area (Å²) in [7, 11) is 2.79. The van der Waals surface area contributed by atoms with Crippen LogP contribution < -0.4 is 5.73 Å². The molecule has 6 heteroatoms. The first kappa shape index (κ1) is 16.0. The van der Waals surface area contributed by atoms with E-state index in [1.165, 1.54) is 19.8 Å². The lowest BCUT2D eigenvalue weighted by Gasteiger charge is -2.42. The summed E-state index contributed by atoms with van der Waals surface area (Å²) in [4.78, 5) is 25.7. The second kappa shape index (κ2) is 6.29. The first-order valence-electron chi connectivity index (χ1n) is 7.86. The maximum atomic E-state index is 11.9. The smallest absolute Gasteiger partial charge is 0.337 e. The number of esters is 2. The van der Waals surface area contributed by atoms with Crippen LogP contribution in [0.2, 0.25) is 0 Å². The fourth-order valence-corrected chi connectivity index (χ4v) is 3.74. The Kier molecular flexibility index (Phi) is 4.37. The Morgan fingerprint density at radius 3 is 2.74 bits per heavy atom. The van der Waals surface area contributed by atoms with E-state index in [0.717, 1.165) is 36.9 Å². The van der Waals surface area contributed by atoms with Crippen molar-refractivity contribution in [2.75, 3.05) is 27.3 Å². The van der Waals surface area contributed by atoms with Crippen LogP contribution in [0.25, 0.3) is 0 Å². The Balaban J connectivity index is 2.01. The molecule has 0 saturated carbocycles. The summed E-state index contributed by atoms with van der Waals surface area (Å²) in [6.07, 6.45) is 2.53. The highest BCUT2D eigenvalue weighted by molar-refractivity contribution is 5.90. The molecule has 1 aromatic rings. The second-order valence-corrected chi connectivity index (χ2v) is 6.13. The van der Waals surface area contributed by atoms with E-state index >= 15 is 0 Å². The molecule has 0 fully saturated rings. The van der Waals surface area contributed by atoms with Gasteiger partial charge >= 0.3 is 11.9 Å². The molecule has 6 nitrogen and oxygen atoms in total. The Bertz CT molecular complexity index is 644. The molecule has 0 aromatic heterocycles. The molecule has 2 N–H and O–H groups in total. The highest BCUT2D eigenvalue weighted by Crippen LogP contribution is 2.43. The molecular weight excluding hydrogens is 296 g/mol. The zero-order chi connectivity index (χ0) is 16.6. The third-order valence-corrected chi connectivity index (χ3v) is 4.87. The number of hydrogen-bond acceptors (Lipinski definition) is 6. The minimum atomic E-state index is -0.338. The molecular formula is C17H22N2O4. The molecule has 0 amide bonds. The molecule has 0 radical (unpaired) electrons. The van der Waals surface area contributed by atoms with Crippen molar-refractivity contribution >= 4 is 11.9 Å². The van der Waals surface area contributed by atoms with Crippen molar-refractivity contribution in [3.05, 3.63) is 34.4 Å². The molecule has 0 unspecified atom stereocenters. The van der Waals surface area contributed by atoms with Crippen LogP contribution in [-0.2, 0) is 20.7 Å². The molecule has 1 aliphatic heterocycles. The largest absolute Gasteiger partial charge is 0.468 e. The van der Waals surface area contributed by atoms with Crippen LogP contribution in [-0.4, -0.2) is 44.1 Å². The van der Waals surface area contributed by atoms with E-state index in [1.807, 2.05) is 12.1 Å². The van der Waals surface area contributed by atoms with Gasteiger partial charge in [-0.25, -0.2) is 4.79 Å². The Labute approximate surface area is 135 Å². The summed E-state index contributed by atoms with van der Waals surface area (Å²) in [6, 6.07) is 3.84. The van der Waals surface area contributed by atoms with Gasteiger partial charge in [0.1, 0.15) is 0 Å². The number of carbonyl (C=O) groups excluding carboxylic acids is 2. The van der Waals surface area contributed by atoms with Gasteiger partial charge in [-0.15, -0.1) is 0 Å². The molecule has 0 bridgehead atoms. The molecule has 2 atom stereocenters. The van der Waals surface area contributed by atoms with Crippen molar-refractivity contribution in [3.8, 4) is 0 Å². The Hall–Kier alpha value is -1.92. The van der Waals surface area contributed by atoms with Crippen LogP contribution in [0.15, 0.2) is 12.1 Å². The minimum absolute atomic E-state index is 0.0808. The number of benzene rings is 1. The van der Waals surface area contributed by atoms with Crippen molar-refractivity contribution in [2.45, 2.75) is 31.3 Å². The van der Waals surface area contributed by atoms with E-state index in [0.29, 0.717) is 5.56 Å². The standard InChI is InChI=1S/C17H22N2O4/c1-22-15(20)9-19-6-5-10-7-11(17(21)23-2)8-12-13(18)3-4-14(19)16(10)12/h7-8,13-14H,3-6,9,18H2,1-2H3/t13-,14+/m1/s1. The van der Waals surface area contributed by atoms with E-state index in [-0.39, 0.29) is 30.6 Å². The van der Waals surface area contributed by atoms with E-state index in [2.05, 4.69) is 4.90 Å². The number of rotatable bonds is 3. The number of nitrogens with zero attached hydrogens (tertiary/aromatic N) is 1. The van der Waals surface area contributed by atoms with Gasteiger partial charge in [-0.1, -0.05) is 0 Å². The van der Waals surface area contributed by atoms with Crippen molar-refractivity contribution in [1.29, 1.82) is 0 Å². The predicted molar refractivity (Wildman–Crippen MR) is 84.0 cm³/mol. The van der Waals surface area contributed by atoms with Crippen molar-refractivity contribution < 1.29 is 19.1 Å². The first-order chi connectivity index (χ1) is 11.0. The number of carbonyl (C=O) groups is 2. The first-order valence-corrected chi connectivity index (χ1v) is 7.86. The van der Waals surface area contributed by atoms with Crippen LogP contribution in [0.5, 0.6) is 0 Å². The zero-order valence-electron chi connectivity index (χ0n) is 13.5. The summed E-state index contributed by atoms with van der Waals surface area (Å²) in [6.45, 7) is 1.06. The normalized spacial score (nSPS) is 23.1. The molecule has 23 heavy (non-hydrogen) atoms. The summed E-state index contributed by atoms with van der Waals surface area (Å²) >= 11 is 0. The average molecular weight is 318 g/mol. The van der Waals surface area contributed by atoms with Gasteiger partial charge in [-0.3, -0.25) is 9.69 Å². The van der Waals surface area contributed by atoms with E-state index in [1.54, 1.807) is 0 Å². The maximum absolute atomic E-state index is 11.9. The highest BCUT2D eigenvalue weighted by Gasteiger charge is 2.36. The SMILES string of the molecule is COC(=O)CN1CCc2cc(C(=O)OC)cc3c2[C@@H]1CC[C@H]3N. The molecule has 2 aliphatic rings. The quantitative estimate of drug-likeness (QED) is 0.847. The van der Waals surface area contributed by atoms with Crippen molar-refractivity contribution in [1.82, 2.24) is 4.90 Å². The average Bonchev–Trinajstić information content (AvgIpc) is 2.58. The molecule has 3 rings (SSSR count). The van der Waals surface area contributed by atoms with Gasteiger partial charge in [0.2, 0.25) is 0 Å². The Morgan fingerprint density at radius 2 is 2.04 bits per heavy atom. The zero-order valence-corrected chi connectivity index (χ0v) is 13.5. The van der Waals surface area contributed by atoms with Gasteiger partial charge in [0.15, 0.2) is 0 Å². The third kappa shape index (κ3) is 2.84. The second-order valence-electron chi connectivity index (χ2n) is 6.13. The monoisotopic (exact) mass is 318 g/mol. The Morgan fingerprint density at radius 1 is 1.26 bits per heavy atom. The lowest BCUT2D eigenvalue weighted by molar-refractivity contribution is -0.142.